The molecule has 3 heterocycles. The molecule has 0 aliphatic carbocycles. The molecule has 1 N–H and O–H groups in total. The number of anilines is 1. The number of pyridine rings is 1. The maximum Gasteiger partial charge on any atom is 0.274 e. The van der Waals surface area contributed by atoms with E-state index in [4.69, 9.17) is 0 Å². The monoisotopic (exact) mass is 333 g/mol. The van der Waals surface area contributed by atoms with Crippen LogP contribution in [-0.4, -0.2) is 44.8 Å². The minimum atomic E-state index is -0.236. The van der Waals surface area contributed by atoms with Crippen LogP contribution in [0.25, 0.3) is 10.9 Å². The van der Waals surface area contributed by atoms with Crippen LogP contribution in [0.15, 0.2) is 55.1 Å². The van der Waals surface area contributed by atoms with Gasteiger partial charge in [0.2, 0.25) is 5.91 Å². The molecule has 0 bridgehead atoms. The number of carbonyl (C=O) groups is 2. The molecule has 7 nitrogen and oxygen atoms in total. The van der Waals surface area contributed by atoms with Crippen molar-refractivity contribution in [3.8, 4) is 0 Å². The van der Waals surface area contributed by atoms with Crippen LogP contribution in [0.5, 0.6) is 0 Å². The summed E-state index contributed by atoms with van der Waals surface area (Å²) in [5, 5.41) is 3.88. The van der Waals surface area contributed by atoms with Crippen molar-refractivity contribution >= 4 is 28.4 Å². The number of hydrogen-bond donors (Lipinski definition) is 1. The molecule has 0 saturated carbocycles. The normalized spacial score (nSPS) is 14.2. The number of nitrogens with zero attached hydrogens (tertiary/aromatic N) is 4. The second-order valence-corrected chi connectivity index (χ2v) is 5.87. The lowest BCUT2D eigenvalue weighted by molar-refractivity contribution is -0.123. The molecule has 1 fully saturated rings. The van der Waals surface area contributed by atoms with E-state index in [9.17, 15) is 9.59 Å². The second-order valence-electron chi connectivity index (χ2n) is 5.87. The minimum Gasteiger partial charge on any atom is -0.336 e. The number of nitrogens with one attached hydrogen (secondary N) is 1. The first-order valence-electron chi connectivity index (χ1n) is 7.92. The van der Waals surface area contributed by atoms with E-state index in [-0.39, 0.29) is 17.7 Å². The number of fused-ring (bicyclic) bond motifs is 1. The Morgan fingerprint density at radius 1 is 1.04 bits per heavy atom. The summed E-state index contributed by atoms with van der Waals surface area (Å²) >= 11 is 0. The van der Waals surface area contributed by atoms with E-state index in [0.717, 1.165) is 10.9 Å². The first-order valence-corrected chi connectivity index (χ1v) is 7.92. The lowest BCUT2D eigenvalue weighted by Gasteiger charge is -2.37. The molecular formula is C18H15N5O2. The third kappa shape index (κ3) is 2.91. The van der Waals surface area contributed by atoms with E-state index in [2.05, 4.69) is 20.3 Å². The van der Waals surface area contributed by atoms with Crippen molar-refractivity contribution in [2.75, 3.05) is 18.4 Å². The van der Waals surface area contributed by atoms with E-state index in [1.807, 2.05) is 30.3 Å². The summed E-state index contributed by atoms with van der Waals surface area (Å²) in [5.41, 5.74) is 1.73. The van der Waals surface area contributed by atoms with Gasteiger partial charge in [-0.25, -0.2) is 4.98 Å². The number of para-hydroxylation sites is 1. The Balaban J connectivity index is 1.41. The molecule has 2 aromatic heterocycles. The van der Waals surface area contributed by atoms with Gasteiger partial charge in [0, 0.05) is 37.1 Å². The van der Waals surface area contributed by atoms with Gasteiger partial charge in [0.1, 0.15) is 5.69 Å². The van der Waals surface area contributed by atoms with Crippen LogP contribution in [0.2, 0.25) is 0 Å². The highest BCUT2D eigenvalue weighted by molar-refractivity contribution is 6.02. The Labute approximate surface area is 143 Å². The molecule has 3 aromatic rings. The molecule has 1 aromatic carbocycles. The van der Waals surface area contributed by atoms with Crippen LogP contribution in [0.3, 0.4) is 0 Å². The number of carbonyl (C=O) groups excluding carboxylic acids is 2. The van der Waals surface area contributed by atoms with E-state index in [1.165, 1.54) is 18.6 Å². The SMILES string of the molecule is O=C(Nc1cccc2cccnc12)C1CN(C(=O)c2cnccn2)C1. The van der Waals surface area contributed by atoms with Crippen molar-refractivity contribution in [2.24, 2.45) is 5.92 Å². The molecule has 1 aliphatic rings. The highest BCUT2D eigenvalue weighted by atomic mass is 16.2. The van der Waals surface area contributed by atoms with E-state index < -0.39 is 0 Å². The maximum atomic E-state index is 12.4. The summed E-state index contributed by atoms with van der Waals surface area (Å²) in [5.74, 6) is -0.551. The molecule has 124 valence electrons. The second kappa shape index (κ2) is 6.27. The van der Waals surface area contributed by atoms with Gasteiger partial charge in [-0.1, -0.05) is 18.2 Å². The molecule has 1 aliphatic heterocycles. The third-order valence-corrected chi connectivity index (χ3v) is 4.21. The van der Waals surface area contributed by atoms with Gasteiger partial charge < -0.3 is 10.2 Å². The Hall–Kier alpha value is -3.35. The van der Waals surface area contributed by atoms with Crippen molar-refractivity contribution in [1.82, 2.24) is 19.9 Å². The topological polar surface area (TPSA) is 88.1 Å². The summed E-state index contributed by atoms with van der Waals surface area (Å²) < 4.78 is 0. The van der Waals surface area contributed by atoms with Crippen LogP contribution in [0.1, 0.15) is 10.5 Å². The number of rotatable bonds is 3. The fraction of sp³-hybridized carbons (Fsp3) is 0.167. The largest absolute Gasteiger partial charge is 0.336 e. The average Bonchev–Trinajstić information content (AvgIpc) is 2.61. The van der Waals surface area contributed by atoms with Gasteiger partial charge in [0.05, 0.1) is 23.3 Å². The Morgan fingerprint density at radius 3 is 2.68 bits per heavy atom. The Bertz CT molecular complexity index is 933. The predicted octanol–water partition coefficient (Wildman–Crippen LogP) is 1.74. The van der Waals surface area contributed by atoms with Gasteiger partial charge in [-0.2, -0.15) is 0 Å². The van der Waals surface area contributed by atoms with Gasteiger partial charge in [0.15, 0.2) is 0 Å². The fourth-order valence-electron chi connectivity index (χ4n) is 2.82. The summed E-state index contributed by atoms with van der Waals surface area (Å²) in [6.45, 7) is 0.749. The minimum absolute atomic E-state index is 0.110. The fourth-order valence-corrected chi connectivity index (χ4v) is 2.82. The first-order chi connectivity index (χ1) is 12.2. The summed E-state index contributed by atoms with van der Waals surface area (Å²) in [6, 6.07) is 9.46. The molecule has 0 unspecified atom stereocenters. The van der Waals surface area contributed by atoms with Crippen LogP contribution in [0.4, 0.5) is 5.69 Å². The maximum absolute atomic E-state index is 12.4. The highest BCUT2D eigenvalue weighted by Gasteiger charge is 2.36. The summed E-state index contributed by atoms with van der Waals surface area (Å²) in [4.78, 5) is 38.4. The van der Waals surface area contributed by atoms with E-state index >= 15 is 0 Å². The number of amides is 2. The lowest BCUT2D eigenvalue weighted by atomic mass is 9.98. The van der Waals surface area contributed by atoms with Crippen LogP contribution in [-0.2, 0) is 4.79 Å². The number of likely N-dealkylation sites (tertiary alicyclic amines) is 1. The van der Waals surface area contributed by atoms with Gasteiger partial charge in [0.25, 0.3) is 5.91 Å². The number of aromatic nitrogens is 3. The van der Waals surface area contributed by atoms with Crippen molar-refractivity contribution in [1.29, 1.82) is 0 Å². The smallest absolute Gasteiger partial charge is 0.274 e. The Kier molecular flexibility index (Phi) is 3.81. The standard InChI is InChI=1S/C18H15N5O2/c24-17(22-14-5-1-3-12-4-2-6-21-16(12)14)13-10-23(11-13)18(25)15-9-19-7-8-20-15/h1-9,13H,10-11H2,(H,22,24). The zero-order chi connectivity index (χ0) is 17.2. The van der Waals surface area contributed by atoms with Crippen LogP contribution < -0.4 is 5.32 Å². The van der Waals surface area contributed by atoms with E-state index in [1.54, 1.807) is 11.1 Å². The lowest BCUT2D eigenvalue weighted by Crippen LogP contribution is -2.54. The summed E-state index contributed by atoms with van der Waals surface area (Å²) in [7, 11) is 0. The zero-order valence-electron chi connectivity index (χ0n) is 13.3. The van der Waals surface area contributed by atoms with Gasteiger partial charge >= 0.3 is 0 Å². The number of benzene rings is 1. The molecular weight excluding hydrogens is 318 g/mol. The molecule has 7 heteroatoms. The average molecular weight is 333 g/mol. The molecule has 0 radical (unpaired) electrons. The quantitative estimate of drug-likeness (QED) is 0.789. The van der Waals surface area contributed by atoms with Crippen LogP contribution >= 0.6 is 0 Å². The van der Waals surface area contributed by atoms with E-state index in [0.29, 0.717) is 24.5 Å². The molecule has 2 amide bonds. The first kappa shape index (κ1) is 15.2. The van der Waals surface area contributed by atoms with Crippen molar-refractivity contribution < 1.29 is 9.59 Å². The third-order valence-electron chi connectivity index (χ3n) is 4.21. The van der Waals surface area contributed by atoms with Crippen LogP contribution in [0, 0.1) is 5.92 Å². The van der Waals surface area contributed by atoms with Gasteiger partial charge in [-0.3, -0.25) is 19.6 Å². The van der Waals surface area contributed by atoms with Crippen molar-refractivity contribution in [3.05, 3.63) is 60.8 Å². The molecule has 4 rings (SSSR count). The molecule has 0 atom stereocenters. The number of hydrogen-bond acceptors (Lipinski definition) is 5. The molecule has 25 heavy (non-hydrogen) atoms. The van der Waals surface area contributed by atoms with Crippen molar-refractivity contribution in [2.45, 2.75) is 0 Å². The van der Waals surface area contributed by atoms with Crippen molar-refractivity contribution in [3.63, 3.8) is 0 Å². The van der Waals surface area contributed by atoms with Gasteiger partial charge in [-0.05, 0) is 12.1 Å². The highest BCUT2D eigenvalue weighted by Crippen LogP contribution is 2.24. The molecule has 0 spiro atoms. The summed E-state index contributed by atoms with van der Waals surface area (Å²) in [6.07, 6.45) is 6.12. The predicted molar refractivity (Wildman–Crippen MR) is 91.8 cm³/mol. The Morgan fingerprint density at radius 2 is 1.88 bits per heavy atom. The van der Waals surface area contributed by atoms with Gasteiger partial charge in [-0.15, -0.1) is 0 Å². The zero-order valence-corrected chi connectivity index (χ0v) is 13.3. The molecule has 1 saturated heterocycles.